The minimum atomic E-state index is -1.65. The summed E-state index contributed by atoms with van der Waals surface area (Å²) in [5.74, 6) is 0. The van der Waals surface area contributed by atoms with Crippen LogP contribution in [-0.2, 0) is 23.7 Å². The topological polar surface area (TPSA) is 272 Å². The van der Waals surface area contributed by atoms with Gasteiger partial charge in [0.2, 0.25) is 0 Å². The number of rotatable bonds is 14. The molecule has 0 spiro atoms. The third-order valence-corrected chi connectivity index (χ3v) is 8.26. The molecule has 15 atom stereocenters. The Balaban J connectivity index is 1.61. The van der Waals surface area contributed by atoms with E-state index in [4.69, 9.17) is 46.6 Å². The van der Waals surface area contributed by atoms with E-state index in [2.05, 4.69) is 6.92 Å². The lowest BCUT2D eigenvalue weighted by Crippen LogP contribution is -2.68. The van der Waals surface area contributed by atoms with Crippen molar-refractivity contribution in [2.24, 2.45) is 22.9 Å². The smallest absolute Gasteiger partial charge is 0.187 e. The Labute approximate surface area is 241 Å². The van der Waals surface area contributed by atoms with E-state index in [1.807, 2.05) is 0 Å². The zero-order valence-electron chi connectivity index (χ0n) is 23.8. The second-order valence-electron chi connectivity index (χ2n) is 11.4. The zero-order valence-corrected chi connectivity index (χ0v) is 23.8. The van der Waals surface area contributed by atoms with Crippen molar-refractivity contribution in [1.29, 1.82) is 0 Å². The summed E-state index contributed by atoms with van der Waals surface area (Å²) in [7, 11) is 0. The van der Waals surface area contributed by atoms with Crippen LogP contribution in [0.4, 0.5) is 0 Å². The molecule has 242 valence electrons. The van der Waals surface area contributed by atoms with Crippen LogP contribution >= 0.6 is 0 Å². The number of aliphatic hydroxyl groups excluding tert-OH is 6. The largest absolute Gasteiger partial charge is 0.394 e. The molecule has 2 aliphatic heterocycles. The highest BCUT2D eigenvalue weighted by molar-refractivity contribution is 5.01. The van der Waals surface area contributed by atoms with Gasteiger partial charge in [0.25, 0.3) is 0 Å². The molecule has 0 aromatic heterocycles. The summed E-state index contributed by atoms with van der Waals surface area (Å²) in [6, 6.07) is -2.58. The van der Waals surface area contributed by atoms with Gasteiger partial charge in [-0.05, 0) is 12.8 Å². The van der Waals surface area contributed by atoms with Crippen molar-refractivity contribution in [3.63, 3.8) is 0 Å². The van der Waals surface area contributed by atoms with Gasteiger partial charge in [-0.2, -0.15) is 0 Å². The Morgan fingerprint density at radius 1 is 0.683 bits per heavy atom. The average molecular weight is 597 g/mol. The molecular weight excluding hydrogens is 544 g/mol. The van der Waals surface area contributed by atoms with Crippen molar-refractivity contribution in [2.45, 2.75) is 144 Å². The minimum Gasteiger partial charge on any atom is -0.394 e. The average Bonchev–Trinajstić information content (AvgIpc) is 2.95. The zero-order chi connectivity index (χ0) is 30.3. The van der Waals surface area contributed by atoms with E-state index in [1.165, 1.54) is 12.8 Å². The van der Waals surface area contributed by atoms with Crippen LogP contribution in [0, 0.1) is 0 Å². The van der Waals surface area contributed by atoms with Gasteiger partial charge < -0.3 is 77.3 Å². The Morgan fingerprint density at radius 2 is 1.24 bits per heavy atom. The second kappa shape index (κ2) is 16.5. The Morgan fingerprint density at radius 3 is 1.83 bits per heavy atom. The molecular formula is C26H52N4O11. The maximum Gasteiger partial charge on any atom is 0.187 e. The highest BCUT2D eigenvalue weighted by Crippen LogP contribution is 2.31. The van der Waals surface area contributed by atoms with Gasteiger partial charge in [0.05, 0.1) is 12.6 Å². The van der Waals surface area contributed by atoms with E-state index < -0.39 is 98.4 Å². The van der Waals surface area contributed by atoms with Gasteiger partial charge in [-0.3, -0.25) is 0 Å². The maximum absolute atomic E-state index is 11.2. The van der Waals surface area contributed by atoms with Crippen LogP contribution in [0.5, 0.6) is 0 Å². The number of nitrogens with two attached hydrogens (primary N) is 4. The van der Waals surface area contributed by atoms with E-state index in [1.54, 1.807) is 0 Å². The Kier molecular flexibility index (Phi) is 14.0. The first kappa shape index (κ1) is 34.9. The summed E-state index contributed by atoms with van der Waals surface area (Å²) < 4.78 is 28.9. The highest BCUT2D eigenvalue weighted by Gasteiger charge is 2.51. The van der Waals surface area contributed by atoms with Crippen LogP contribution in [0.1, 0.15) is 51.9 Å². The number of hydrogen-bond acceptors (Lipinski definition) is 15. The highest BCUT2D eigenvalue weighted by atomic mass is 16.7. The van der Waals surface area contributed by atoms with Crippen LogP contribution in [0.25, 0.3) is 0 Å². The summed E-state index contributed by atoms with van der Waals surface area (Å²) in [5, 5.41) is 62.7. The Hall–Kier alpha value is -0.600. The van der Waals surface area contributed by atoms with Gasteiger partial charge in [-0.25, -0.2) is 0 Å². The first-order chi connectivity index (χ1) is 19.5. The van der Waals surface area contributed by atoms with Gasteiger partial charge >= 0.3 is 0 Å². The lowest BCUT2D eigenvalue weighted by Gasteiger charge is -2.48. The van der Waals surface area contributed by atoms with Crippen molar-refractivity contribution < 1.29 is 54.3 Å². The van der Waals surface area contributed by atoms with Crippen molar-refractivity contribution in [3.05, 3.63) is 0 Å². The first-order valence-electron chi connectivity index (χ1n) is 14.8. The van der Waals surface area contributed by atoms with Gasteiger partial charge in [0.15, 0.2) is 12.6 Å². The molecule has 1 aliphatic carbocycles. The van der Waals surface area contributed by atoms with Gasteiger partial charge in [-0.1, -0.05) is 39.0 Å². The van der Waals surface area contributed by atoms with Crippen molar-refractivity contribution in [2.75, 3.05) is 19.8 Å². The summed E-state index contributed by atoms with van der Waals surface area (Å²) in [4.78, 5) is 0. The lowest BCUT2D eigenvalue weighted by molar-refractivity contribution is -0.333. The molecule has 15 heteroatoms. The van der Waals surface area contributed by atoms with Crippen LogP contribution in [0.2, 0.25) is 0 Å². The number of ether oxygens (including phenoxy) is 5. The lowest BCUT2D eigenvalue weighted by atomic mass is 9.84. The fourth-order valence-electron chi connectivity index (χ4n) is 5.71. The second-order valence-corrected chi connectivity index (χ2v) is 11.4. The molecule has 2 heterocycles. The first-order valence-corrected chi connectivity index (χ1v) is 14.8. The van der Waals surface area contributed by atoms with E-state index in [0.717, 1.165) is 25.7 Å². The molecule has 15 nitrogen and oxygen atoms in total. The fourth-order valence-corrected chi connectivity index (χ4v) is 5.71. The molecule has 0 aromatic rings. The van der Waals surface area contributed by atoms with Crippen LogP contribution < -0.4 is 22.9 Å². The Bertz CT molecular complexity index is 756. The normalized spacial score (nSPS) is 45.6. The number of unbranched alkanes of at least 4 members (excludes halogenated alkanes) is 5. The van der Waals surface area contributed by atoms with Crippen molar-refractivity contribution in [3.8, 4) is 0 Å². The molecule has 0 unspecified atom stereocenters. The molecule has 3 rings (SSSR count). The molecule has 14 N–H and O–H groups in total. The molecule has 41 heavy (non-hydrogen) atoms. The SMILES string of the molecule is CCCCCCCCO[C@H]1[C@H](N)[C@@H](O)[C@@H](O[C@@H]2[C@@H](O)[C@H](O[C@H]3O[C@H](CN)[C@@H](O)[C@H](O)[C@H]3O)[C@@H](N)C[C@H]2N)O[C@@H]1CO. The van der Waals surface area contributed by atoms with E-state index in [-0.39, 0.29) is 13.0 Å². The van der Waals surface area contributed by atoms with Crippen molar-refractivity contribution in [1.82, 2.24) is 0 Å². The molecule has 1 saturated carbocycles. The molecule has 3 aliphatic rings. The summed E-state index contributed by atoms with van der Waals surface area (Å²) in [6.45, 7) is 1.96. The molecule has 3 fully saturated rings. The maximum atomic E-state index is 11.2. The summed E-state index contributed by atoms with van der Waals surface area (Å²) in [6.07, 6.45) is -8.84. The van der Waals surface area contributed by atoms with Crippen molar-refractivity contribution >= 4 is 0 Å². The third-order valence-electron chi connectivity index (χ3n) is 8.26. The van der Waals surface area contributed by atoms with Crippen LogP contribution in [0.3, 0.4) is 0 Å². The summed E-state index contributed by atoms with van der Waals surface area (Å²) in [5.41, 5.74) is 24.3. The van der Waals surface area contributed by atoms with E-state index >= 15 is 0 Å². The van der Waals surface area contributed by atoms with Crippen LogP contribution in [-0.4, -0.2) is 142 Å². The minimum absolute atomic E-state index is 0.114. The van der Waals surface area contributed by atoms with Crippen LogP contribution in [0.15, 0.2) is 0 Å². The summed E-state index contributed by atoms with van der Waals surface area (Å²) >= 11 is 0. The molecule has 0 aromatic carbocycles. The van der Waals surface area contributed by atoms with E-state index in [9.17, 15) is 30.6 Å². The predicted octanol–water partition coefficient (Wildman–Crippen LogP) is -3.91. The number of hydrogen-bond donors (Lipinski definition) is 10. The molecule has 2 saturated heterocycles. The molecule has 0 bridgehead atoms. The monoisotopic (exact) mass is 596 g/mol. The number of aliphatic hydroxyl groups is 6. The predicted molar refractivity (Wildman–Crippen MR) is 145 cm³/mol. The van der Waals surface area contributed by atoms with E-state index in [0.29, 0.717) is 6.61 Å². The van der Waals surface area contributed by atoms with Gasteiger partial charge in [-0.15, -0.1) is 0 Å². The fraction of sp³-hybridized carbons (Fsp3) is 1.00. The van der Waals surface area contributed by atoms with Gasteiger partial charge in [0, 0.05) is 25.2 Å². The molecule has 0 radical (unpaired) electrons. The standard InChI is InChI=1S/C26H52N4O11/c1-2-3-4-5-6-7-8-37-24-15(11-31)39-25(18(33)16(24)30)40-22-12(28)9-13(29)23(21(22)36)41-26-20(35)19(34)17(32)14(10-27)38-26/h12-26,31-36H,2-11,27-30H2,1H3/t12-,13+,14-,15-,16-,17-,18-,19+,20-,21-,22+,23-,24-,25-,26-/m1/s1. The quantitative estimate of drug-likeness (QED) is 0.0858. The molecule has 0 amide bonds. The van der Waals surface area contributed by atoms with Gasteiger partial charge in [0.1, 0.15) is 61.0 Å². The third kappa shape index (κ3) is 8.53.